The molecule has 0 saturated carbocycles. The van der Waals surface area contributed by atoms with Crippen LogP contribution in [0.4, 0.5) is 18.9 Å². The second-order valence-corrected chi connectivity index (χ2v) is 10.5. The molecule has 0 fully saturated rings. The number of carbonyl (C=O) groups excluding carboxylic acids is 2. The first-order chi connectivity index (χ1) is 21.0. The molecule has 7 nitrogen and oxygen atoms in total. The number of amides is 1. The van der Waals surface area contributed by atoms with Crippen LogP contribution < -0.4 is 5.32 Å². The SMILES string of the molecule is COC(=O)CC(O)CC(O)C=Cc1c(-c2ccc(F)cc2)c(-c2ccc(F)cc2)c(C(=O)Nc2ccc(F)cc2)n1C(C)C. The number of nitrogens with zero attached hydrogens (tertiary/aromatic N) is 1. The van der Waals surface area contributed by atoms with Gasteiger partial charge in [0, 0.05) is 35.0 Å². The average Bonchev–Trinajstić information content (AvgIpc) is 3.33. The van der Waals surface area contributed by atoms with Crippen molar-refractivity contribution in [1.82, 2.24) is 4.57 Å². The average molecular weight is 607 g/mol. The summed E-state index contributed by atoms with van der Waals surface area (Å²) in [7, 11) is 1.20. The molecule has 0 saturated heterocycles. The standard InChI is InChI=1S/C34H33F3N2O5/c1-20(2)39-29(17-16-27(40)18-28(41)19-30(42)44-3)31(21-4-8-23(35)9-5-21)32(22-6-10-24(36)11-7-22)33(39)34(43)38-26-14-12-25(37)13-15-26/h4-17,20,27-28,40-41H,18-19H2,1-3H3,(H,38,43). The number of nitrogens with one attached hydrogen (secondary N) is 1. The van der Waals surface area contributed by atoms with Crippen molar-refractivity contribution < 1.29 is 37.7 Å². The zero-order valence-corrected chi connectivity index (χ0v) is 24.4. The Morgan fingerprint density at radius 2 is 1.34 bits per heavy atom. The highest BCUT2D eigenvalue weighted by molar-refractivity contribution is 6.11. The van der Waals surface area contributed by atoms with Crippen LogP contribution >= 0.6 is 0 Å². The Hall–Kier alpha value is -4.67. The molecule has 44 heavy (non-hydrogen) atoms. The van der Waals surface area contributed by atoms with Gasteiger partial charge in [0.1, 0.15) is 23.1 Å². The van der Waals surface area contributed by atoms with Crippen LogP contribution in [-0.4, -0.2) is 46.0 Å². The molecule has 0 aliphatic carbocycles. The van der Waals surface area contributed by atoms with Gasteiger partial charge < -0.3 is 24.8 Å². The van der Waals surface area contributed by atoms with Gasteiger partial charge in [-0.05, 0) is 79.6 Å². The molecule has 0 radical (unpaired) electrons. The second kappa shape index (κ2) is 14.2. The number of benzene rings is 3. The van der Waals surface area contributed by atoms with Crippen molar-refractivity contribution in [2.45, 2.75) is 44.9 Å². The van der Waals surface area contributed by atoms with Gasteiger partial charge in [0.25, 0.3) is 5.91 Å². The van der Waals surface area contributed by atoms with Crippen LogP contribution in [0.1, 0.15) is 48.9 Å². The lowest BCUT2D eigenvalue weighted by molar-refractivity contribution is -0.143. The molecule has 1 amide bonds. The zero-order chi connectivity index (χ0) is 32.0. The molecule has 0 aliphatic rings. The molecule has 4 aromatic rings. The number of rotatable bonds is 11. The minimum atomic E-state index is -1.18. The highest BCUT2D eigenvalue weighted by Gasteiger charge is 2.29. The monoisotopic (exact) mass is 606 g/mol. The summed E-state index contributed by atoms with van der Waals surface area (Å²) in [6, 6.07) is 16.2. The Kier molecular flexibility index (Phi) is 10.4. The van der Waals surface area contributed by atoms with E-state index in [9.17, 15) is 33.0 Å². The van der Waals surface area contributed by atoms with E-state index in [1.165, 1.54) is 73.8 Å². The molecule has 1 aromatic heterocycles. The van der Waals surface area contributed by atoms with Crippen molar-refractivity contribution in [3.63, 3.8) is 0 Å². The van der Waals surface area contributed by atoms with E-state index in [-0.39, 0.29) is 24.6 Å². The van der Waals surface area contributed by atoms with Crippen LogP contribution in [0.15, 0.2) is 78.9 Å². The summed E-state index contributed by atoms with van der Waals surface area (Å²) in [4.78, 5) is 25.6. The van der Waals surface area contributed by atoms with E-state index in [1.807, 2.05) is 13.8 Å². The smallest absolute Gasteiger partial charge is 0.308 e. The van der Waals surface area contributed by atoms with E-state index >= 15 is 0 Å². The molecule has 3 N–H and O–H groups in total. The highest BCUT2D eigenvalue weighted by atomic mass is 19.1. The quantitative estimate of drug-likeness (QED) is 0.164. The number of aliphatic hydroxyl groups is 2. The molecule has 4 rings (SSSR count). The molecule has 0 bridgehead atoms. The van der Waals surface area contributed by atoms with Crippen molar-refractivity contribution in [2.24, 2.45) is 0 Å². The van der Waals surface area contributed by atoms with Gasteiger partial charge in [-0.15, -0.1) is 0 Å². The van der Waals surface area contributed by atoms with E-state index in [0.717, 1.165) is 0 Å². The summed E-state index contributed by atoms with van der Waals surface area (Å²) in [5.41, 5.74) is 2.97. The van der Waals surface area contributed by atoms with Gasteiger partial charge in [-0.1, -0.05) is 30.3 Å². The van der Waals surface area contributed by atoms with Crippen LogP contribution in [0.3, 0.4) is 0 Å². The number of anilines is 1. The maximum Gasteiger partial charge on any atom is 0.308 e. The van der Waals surface area contributed by atoms with Gasteiger partial charge in [0.2, 0.25) is 0 Å². The minimum Gasteiger partial charge on any atom is -0.469 e. The lowest BCUT2D eigenvalue weighted by Gasteiger charge is -2.17. The van der Waals surface area contributed by atoms with E-state index in [1.54, 1.807) is 22.8 Å². The first-order valence-corrected chi connectivity index (χ1v) is 14.0. The van der Waals surface area contributed by atoms with Gasteiger partial charge in [0.15, 0.2) is 0 Å². The number of carbonyl (C=O) groups is 2. The summed E-state index contributed by atoms with van der Waals surface area (Å²) >= 11 is 0. The highest BCUT2D eigenvalue weighted by Crippen LogP contribution is 2.43. The zero-order valence-electron chi connectivity index (χ0n) is 24.4. The number of halogens is 3. The maximum absolute atomic E-state index is 14.0. The molecule has 0 spiro atoms. The number of aliphatic hydroxyl groups excluding tert-OH is 2. The first-order valence-electron chi connectivity index (χ1n) is 14.0. The van der Waals surface area contributed by atoms with Crippen molar-refractivity contribution in [3.8, 4) is 22.3 Å². The first kappa shape index (κ1) is 32.2. The summed E-state index contributed by atoms with van der Waals surface area (Å²) < 4.78 is 48.0. The lowest BCUT2D eigenvalue weighted by atomic mass is 9.94. The predicted octanol–water partition coefficient (Wildman–Crippen LogP) is 6.76. The molecule has 0 aliphatic heterocycles. The molecule has 2 unspecified atom stereocenters. The maximum atomic E-state index is 14.0. The second-order valence-electron chi connectivity index (χ2n) is 10.5. The summed E-state index contributed by atoms with van der Waals surface area (Å²) in [6.07, 6.45) is 0.211. The lowest BCUT2D eigenvalue weighted by Crippen LogP contribution is -2.20. The number of hydrogen-bond acceptors (Lipinski definition) is 5. The molecule has 10 heteroatoms. The van der Waals surface area contributed by atoms with E-state index < -0.39 is 41.5 Å². The van der Waals surface area contributed by atoms with Crippen LogP contribution in [-0.2, 0) is 9.53 Å². The van der Waals surface area contributed by atoms with Gasteiger partial charge in [-0.3, -0.25) is 9.59 Å². The largest absolute Gasteiger partial charge is 0.469 e. The Bertz CT molecular complexity index is 1630. The molecule has 2 atom stereocenters. The summed E-state index contributed by atoms with van der Waals surface area (Å²) in [6.45, 7) is 3.71. The van der Waals surface area contributed by atoms with Gasteiger partial charge in [-0.2, -0.15) is 0 Å². The molecule has 230 valence electrons. The normalized spacial score (nSPS) is 12.8. The fourth-order valence-electron chi connectivity index (χ4n) is 4.98. The van der Waals surface area contributed by atoms with Gasteiger partial charge in [-0.25, -0.2) is 13.2 Å². The number of methoxy groups -OCH3 is 1. The third-order valence-corrected chi connectivity index (χ3v) is 6.96. The van der Waals surface area contributed by atoms with Crippen molar-refractivity contribution in [2.75, 3.05) is 12.4 Å². The van der Waals surface area contributed by atoms with Crippen LogP contribution in [0.2, 0.25) is 0 Å². The van der Waals surface area contributed by atoms with E-state index in [0.29, 0.717) is 33.6 Å². The van der Waals surface area contributed by atoms with Gasteiger partial charge >= 0.3 is 5.97 Å². The molecular weight excluding hydrogens is 573 g/mol. The van der Waals surface area contributed by atoms with Crippen LogP contribution in [0.25, 0.3) is 28.3 Å². The Labute approximate surface area is 253 Å². The topological polar surface area (TPSA) is 101 Å². The number of ether oxygens (including phenoxy) is 1. The van der Waals surface area contributed by atoms with Gasteiger partial charge in [0.05, 0.1) is 25.7 Å². The van der Waals surface area contributed by atoms with Crippen LogP contribution in [0.5, 0.6) is 0 Å². The summed E-state index contributed by atoms with van der Waals surface area (Å²) in [5.74, 6) is -2.58. The molecule has 3 aromatic carbocycles. The number of esters is 1. The Morgan fingerprint density at radius 1 is 0.841 bits per heavy atom. The number of hydrogen-bond donors (Lipinski definition) is 3. The van der Waals surface area contributed by atoms with Crippen molar-refractivity contribution in [1.29, 1.82) is 0 Å². The minimum absolute atomic E-state index is 0.164. The van der Waals surface area contributed by atoms with Crippen molar-refractivity contribution >= 4 is 23.6 Å². The van der Waals surface area contributed by atoms with Crippen molar-refractivity contribution in [3.05, 3.63) is 108 Å². The fourth-order valence-corrected chi connectivity index (χ4v) is 4.98. The third kappa shape index (κ3) is 7.64. The Morgan fingerprint density at radius 3 is 1.84 bits per heavy atom. The predicted molar refractivity (Wildman–Crippen MR) is 162 cm³/mol. The van der Waals surface area contributed by atoms with Crippen LogP contribution in [0, 0.1) is 17.5 Å². The van der Waals surface area contributed by atoms with E-state index in [4.69, 9.17) is 0 Å². The molecular formula is C34H33F3N2O5. The fraction of sp³-hybridized carbons (Fsp3) is 0.235. The summed E-state index contributed by atoms with van der Waals surface area (Å²) in [5, 5.41) is 23.8. The third-order valence-electron chi connectivity index (χ3n) is 6.96. The number of aromatic nitrogens is 1. The van der Waals surface area contributed by atoms with E-state index in [2.05, 4.69) is 10.1 Å². The molecule has 1 heterocycles. The Balaban J connectivity index is 1.94.